The second-order valence-electron chi connectivity index (χ2n) is 7.62. The fourth-order valence-electron chi connectivity index (χ4n) is 3.60. The highest BCUT2D eigenvalue weighted by Gasteiger charge is 2.38. The first-order chi connectivity index (χ1) is 16.3. The van der Waals surface area contributed by atoms with Gasteiger partial charge in [-0.2, -0.15) is 13.2 Å². The largest absolute Gasteiger partial charge is 0.490 e. The van der Waals surface area contributed by atoms with E-state index < -0.39 is 12.1 Å². The third-order valence-corrected chi connectivity index (χ3v) is 5.23. The predicted octanol–water partition coefficient (Wildman–Crippen LogP) is 4.20. The monoisotopic (exact) mass is 474 g/mol. The van der Waals surface area contributed by atoms with Crippen molar-refractivity contribution in [3.05, 3.63) is 78.5 Å². The Morgan fingerprint density at radius 1 is 1.12 bits per heavy atom. The average Bonchev–Trinajstić information content (AvgIpc) is 3.49. The number of ether oxygens (including phenoxy) is 1. The van der Waals surface area contributed by atoms with Crippen molar-refractivity contribution in [2.24, 2.45) is 0 Å². The van der Waals surface area contributed by atoms with Crippen molar-refractivity contribution in [1.82, 2.24) is 19.7 Å². The number of hydrogen-bond acceptors (Lipinski definition) is 6. The number of carboxylic acid groups (broad SMARTS) is 1. The quantitative estimate of drug-likeness (QED) is 0.474. The van der Waals surface area contributed by atoms with E-state index in [-0.39, 0.29) is 6.10 Å². The molecular formula is C23H21F3N4O4. The first kappa shape index (κ1) is 23.5. The van der Waals surface area contributed by atoms with Gasteiger partial charge in [0.15, 0.2) is 0 Å². The van der Waals surface area contributed by atoms with Gasteiger partial charge in [0.25, 0.3) is 0 Å². The van der Waals surface area contributed by atoms with Crippen LogP contribution in [0.5, 0.6) is 0 Å². The molecule has 0 radical (unpaired) electrons. The molecule has 3 aromatic heterocycles. The Labute approximate surface area is 192 Å². The second-order valence-corrected chi connectivity index (χ2v) is 7.62. The van der Waals surface area contributed by atoms with E-state index in [9.17, 15) is 13.2 Å². The van der Waals surface area contributed by atoms with Gasteiger partial charge >= 0.3 is 12.1 Å². The molecule has 4 heterocycles. The van der Waals surface area contributed by atoms with E-state index in [1.165, 1.54) is 5.56 Å². The molecule has 1 fully saturated rings. The third kappa shape index (κ3) is 5.61. The van der Waals surface area contributed by atoms with E-state index in [0.717, 1.165) is 42.0 Å². The lowest BCUT2D eigenvalue weighted by Gasteiger charge is -2.31. The molecule has 8 nitrogen and oxygen atoms in total. The van der Waals surface area contributed by atoms with Crippen LogP contribution < -0.4 is 0 Å². The van der Waals surface area contributed by atoms with Gasteiger partial charge in [-0.1, -0.05) is 41.6 Å². The number of benzene rings is 1. The topological polar surface area (TPSA) is 93.1 Å². The molecule has 1 unspecified atom stereocenters. The van der Waals surface area contributed by atoms with Gasteiger partial charge < -0.3 is 14.3 Å². The fourth-order valence-corrected chi connectivity index (χ4v) is 3.60. The highest BCUT2D eigenvalue weighted by molar-refractivity contribution is 5.73. The lowest BCUT2D eigenvalue weighted by Crippen LogP contribution is -2.37. The van der Waals surface area contributed by atoms with Crippen LogP contribution in [0.1, 0.15) is 17.4 Å². The summed E-state index contributed by atoms with van der Waals surface area (Å²) in [5, 5.41) is 15.9. The molecule has 11 heteroatoms. The summed E-state index contributed by atoms with van der Waals surface area (Å²) in [4.78, 5) is 11.3. The number of carbonyl (C=O) groups is 1. The van der Waals surface area contributed by atoms with Gasteiger partial charge in [0, 0.05) is 37.0 Å². The highest BCUT2D eigenvalue weighted by Crippen LogP contribution is 2.27. The van der Waals surface area contributed by atoms with E-state index in [2.05, 4.69) is 39.5 Å². The van der Waals surface area contributed by atoms with Crippen LogP contribution in [0.15, 0.2) is 71.7 Å². The molecule has 4 aromatic rings. The number of aliphatic carboxylic acids is 1. The number of alkyl halides is 3. The molecule has 1 aliphatic heterocycles. The van der Waals surface area contributed by atoms with E-state index in [0.29, 0.717) is 6.61 Å². The van der Waals surface area contributed by atoms with Crippen LogP contribution >= 0.6 is 0 Å². The van der Waals surface area contributed by atoms with Gasteiger partial charge in [-0.3, -0.25) is 4.90 Å². The molecule has 5 rings (SSSR count). The molecule has 1 N–H and O–H groups in total. The first-order valence-corrected chi connectivity index (χ1v) is 10.4. The smallest absolute Gasteiger partial charge is 0.475 e. The number of aromatic nitrogens is 3. The Morgan fingerprint density at radius 2 is 1.88 bits per heavy atom. The standard InChI is InChI=1S/C21H20N4O2.C2HF3O2/c1-2-4-17(5-3-1)18-6-7-19-21(22-23-25(19)13-18)20-14-24(9-11-27-20)12-16-8-10-26-15-16;3-2(4,5)1(6)7/h1-8,10,13,15,20H,9,11-12,14H2;(H,6,7). The van der Waals surface area contributed by atoms with E-state index in [1.54, 1.807) is 12.5 Å². The Morgan fingerprint density at radius 3 is 2.56 bits per heavy atom. The van der Waals surface area contributed by atoms with Crippen LogP contribution in [-0.4, -0.2) is 56.7 Å². The molecule has 0 saturated carbocycles. The summed E-state index contributed by atoms with van der Waals surface area (Å²) in [5.41, 5.74) is 5.34. The fraction of sp³-hybridized carbons (Fsp3) is 0.261. The van der Waals surface area contributed by atoms with Crippen molar-refractivity contribution in [1.29, 1.82) is 0 Å². The molecule has 1 saturated heterocycles. The zero-order valence-corrected chi connectivity index (χ0v) is 17.9. The molecule has 0 spiro atoms. The molecule has 1 aromatic carbocycles. The van der Waals surface area contributed by atoms with Crippen LogP contribution in [0.25, 0.3) is 16.6 Å². The summed E-state index contributed by atoms with van der Waals surface area (Å²) in [7, 11) is 0. The first-order valence-electron chi connectivity index (χ1n) is 10.4. The second kappa shape index (κ2) is 10.1. The minimum absolute atomic E-state index is 0.0780. The Balaban J connectivity index is 0.000000344. The highest BCUT2D eigenvalue weighted by atomic mass is 19.4. The normalized spacial score (nSPS) is 16.7. The van der Waals surface area contributed by atoms with E-state index >= 15 is 0 Å². The Kier molecular flexibility index (Phi) is 6.94. The molecule has 0 aliphatic carbocycles. The number of furan rings is 1. The Bertz CT molecular complexity index is 1230. The number of rotatable bonds is 4. The summed E-state index contributed by atoms with van der Waals surface area (Å²) >= 11 is 0. The van der Waals surface area contributed by atoms with Crippen LogP contribution in [0.4, 0.5) is 13.2 Å². The number of nitrogens with zero attached hydrogens (tertiary/aromatic N) is 4. The summed E-state index contributed by atoms with van der Waals surface area (Å²) in [6, 6.07) is 16.5. The van der Waals surface area contributed by atoms with Crippen molar-refractivity contribution < 1.29 is 32.2 Å². The lowest BCUT2D eigenvalue weighted by atomic mass is 10.1. The molecule has 1 atom stereocenters. The maximum absolute atomic E-state index is 10.6. The van der Waals surface area contributed by atoms with Gasteiger partial charge in [0.1, 0.15) is 11.8 Å². The zero-order chi connectivity index (χ0) is 24.1. The number of morpholine rings is 1. The van der Waals surface area contributed by atoms with Gasteiger partial charge in [-0.05, 0) is 17.7 Å². The summed E-state index contributed by atoms with van der Waals surface area (Å²) in [6.45, 7) is 3.23. The third-order valence-electron chi connectivity index (χ3n) is 5.23. The number of hydrogen-bond donors (Lipinski definition) is 1. The number of fused-ring (bicyclic) bond motifs is 1. The van der Waals surface area contributed by atoms with E-state index in [1.807, 2.05) is 35.0 Å². The number of pyridine rings is 1. The van der Waals surface area contributed by atoms with Crippen molar-refractivity contribution >= 4 is 11.5 Å². The van der Waals surface area contributed by atoms with Crippen LogP contribution in [0.2, 0.25) is 0 Å². The maximum Gasteiger partial charge on any atom is 0.490 e. The number of halogens is 3. The molecular weight excluding hydrogens is 453 g/mol. The van der Waals surface area contributed by atoms with Crippen molar-refractivity contribution in [2.45, 2.75) is 18.8 Å². The molecule has 34 heavy (non-hydrogen) atoms. The van der Waals surface area contributed by atoms with Gasteiger partial charge in [-0.15, -0.1) is 5.10 Å². The maximum atomic E-state index is 10.6. The summed E-state index contributed by atoms with van der Waals surface area (Å²) in [5.74, 6) is -2.76. The average molecular weight is 474 g/mol. The van der Waals surface area contributed by atoms with Gasteiger partial charge in [0.05, 0.1) is 24.6 Å². The predicted molar refractivity (Wildman–Crippen MR) is 115 cm³/mol. The molecule has 0 amide bonds. The van der Waals surface area contributed by atoms with Crippen LogP contribution in [0, 0.1) is 0 Å². The molecule has 178 valence electrons. The van der Waals surface area contributed by atoms with Crippen LogP contribution in [0.3, 0.4) is 0 Å². The minimum atomic E-state index is -5.08. The lowest BCUT2D eigenvalue weighted by molar-refractivity contribution is -0.192. The van der Waals surface area contributed by atoms with Crippen molar-refractivity contribution in [2.75, 3.05) is 19.7 Å². The zero-order valence-electron chi connectivity index (χ0n) is 17.9. The van der Waals surface area contributed by atoms with Crippen LogP contribution in [-0.2, 0) is 16.1 Å². The van der Waals surface area contributed by atoms with Crippen molar-refractivity contribution in [3.8, 4) is 11.1 Å². The molecule has 0 bridgehead atoms. The Hall–Kier alpha value is -3.70. The number of carboxylic acids is 1. The van der Waals surface area contributed by atoms with Gasteiger partial charge in [-0.25, -0.2) is 9.31 Å². The molecule has 1 aliphatic rings. The van der Waals surface area contributed by atoms with Gasteiger partial charge in [0.2, 0.25) is 0 Å². The summed E-state index contributed by atoms with van der Waals surface area (Å²) < 4.78 is 44.8. The van der Waals surface area contributed by atoms with E-state index in [4.69, 9.17) is 19.1 Å². The minimum Gasteiger partial charge on any atom is -0.475 e. The SMILES string of the molecule is O=C(O)C(F)(F)F.c1ccc(-c2ccc3c(C4CN(Cc5ccoc5)CCO4)nnn3c2)cc1. The van der Waals surface area contributed by atoms with Crippen molar-refractivity contribution in [3.63, 3.8) is 0 Å². The summed E-state index contributed by atoms with van der Waals surface area (Å²) in [6.07, 6.45) is 0.367.